The van der Waals surface area contributed by atoms with Crippen molar-refractivity contribution >= 4 is 10.1 Å². The summed E-state index contributed by atoms with van der Waals surface area (Å²) in [5.41, 5.74) is 3.77. The molecule has 0 aliphatic rings. The molecule has 2 heterocycles. The van der Waals surface area contributed by atoms with Gasteiger partial charge in [-0.1, -0.05) is 30.3 Å². The van der Waals surface area contributed by atoms with Gasteiger partial charge in [-0.25, -0.2) is 0 Å². The molecule has 0 bridgehead atoms. The van der Waals surface area contributed by atoms with E-state index in [9.17, 15) is 26.1 Å². The van der Waals surface area contributed by atoms with Crippen molar-refractivity contribution in [3.05, 3.63) is 90.4 Å². The second-order valence-electron chi connectivity index (χ2n) is 7.42. The third-order valence-electron chi connectivity index (χ3n) is 5.00. The minimum Gasteiger partial charge on any atom is -0.282 e. The zero-order valence-corrected chi connectivity index (χ0v) is 18.0. The molecule has 0 amide bonds. The van der Waals surface area contributed by atoms with Gasteiger partial charge in [0.1, 0.15) is 4.90 Å². The molecule has 168 valence electrons. The Bertz CT molecular complexity index is 1430. The molecule has 0 saturated carbocycles. The number of aromatic nitrogens is 2. The normalized spacial score (nSPS) is 12.0. The number of aryl methyl sites for hydroxylation is 1. The van der Waals surface area contributed by atoms with E-state index in [1.807, 2.05) is 6.07 Å². The van der Waals surface area contributed by atoms with Gasteiger partial charge in [0.05, 0.1) is 11.3 Å². The van der Waals surface area contributed by atoms with Crippen LogP contribution < -0.4 is 0 Å². The monoisotopic (exact) mass is 470 g/mol. The number of rotatable bonds is 4. The van der Waals surface area contributed by atoms with Crippen LogP contribution in [0, 0.1) is 6.92 Å². The number of halogens is 3. The van der Waals surface area contributed by atoms with Crippen molar-refractivity contribution < 1.29 is 26.1 Å². The predicted octanol–water partition coefficient (Wildman–Crippen LogP) is 6.05. The highest BCUT2D eigenvalue weighted by Crippen LogP contribution is 2.33. The molecule has 0 fully saturated rings. The number of benzene rings is 2. The summed E-state index contributed by atoms with van der Waals surface area (Å²) >= 11 is 0. The van der Waals surface area contributed by atoms with E-state index >= 15 is 0 Å². The molecular weight excluding hydrogens is 453 g/mol. The van der Waals surface area contributed by atoms with Crippen molar-refractivity contribution in [3.8, 4) is 33.5 Å². The maximum absolute atomic E-state index is 12.9. The highest BCUT2D eigenvalue weighted by molar-refractivity contribution is 7.85. The molecule has 2 aromatic heterocycles. The largest absolute Gasteiger partial charge is 0.416 e. The van der Waals surface area contributed by atoms with Crippen molar-refractivity contribution in [1.82, 2.24) is 9.97 Å². The lowest BCUT2D eigenvalue weighted by atomic mass is 9.99. The SMILES string of the molecule is Cc1cc(-c2ccc(C(F)(F)F)cc2)cc(-c2cccc(-c3cncc(S(=O)(=O)O)c3)c2)n1. The zero-order valence-electron chi connectivity index (χ0n) is 17.2. The first-order valence-electron chi connectivity index (χ1n) is 9.70. The van der Waals surface area contributed by atoms with Crippen molar-refractivity contribution in [2.24, 2.45) is 0 Å². The van der Waals surface area contributed by atoms with Crippen LogP contribution in [0.3, 0.4) is 0 Å². The summed E-state index contributed by atoms with van der Waals surface area (Å²) in [4.78, 5) is 8.12. The van der Waals surface area contributed by atoms with Gasteiger partial charge < -0.3 is 0 Å². The zero-order chi connectivity index (χ0) is 23.8. The highest BCUT2D eigenvalue weighted by atomic mass is 32.2. The Hall–Kier alpha value is -3.56. The van der Waals surface area contributed by atoms with Gasteiger partial charge in [0.25, 0.3) is 10.1 Å². The highest BCUT2D eigenvalue weighted by Gasteiger charge is 2.30. The van der Waals surface area contributed by atoms with Crippen LogP contribution in [-0.2, 0) is 16.3 Å². The smallest absolute Gasteiger partial charge is 0.282 e. The Balaban J connectivity index is 1.73. The lowest BCUT2D eigenvalue weighted by Crippen LogP contribution is -2.04. The third-order valence-corrected chi connectivity index (χ3v) is 5.82. The summed E-state index contributed by atoms with van der Waals surface area (Å²) in [5, 5.41) is 0. The molecule has 0 radical (unpaired) electrons. The van der Waals surface area contributed by atoms with Gasteiger partial charge >= 0.3 is 6.18 Å². The fourth-order valence-electron chi connectivity index (χ4n) is 3.41. The van der Waals surface area contributed by atoms with Crippen LogP contribution in [-0.4, -0.2) is 22.9 Å². The van der Waals surface area contributed by atoms with Gasteiger partial charge in [0, 0.05) is 29.2 Å². The standard InChI is InChI=1S/C24H17F3N2O3S/c1-15-9-19(16-5-7-21(8-6-16)24(25,26)27)12-23(29-15)18-4-2-3-17(10-18)20-11-22(14-28-13-20)33(30,31)32/h2-14H,1H3,(H,30,31,32). The molecule has 9 heteroatoms. The Morgan fingerprint density at radius 3 is 2.15 bits per heavy atom. The first kappa shape index (κ1) is 22.6. The molecule has 0 unspecified atom stereocenters. The Kier molecular flexibility index (Phi) is 5.77. The Morgan fingerprint density at radius 2 is 1.48 bits per heavy atom. The fraction of sp³-hybridized carbons (Fsp3) is 0.0833. The molecule has 4 aromatic rings. The van der Waals surface area contributed by atoms with Crippen LogP contribution in [0.25, 0.3) is 33.5 Å². The quantitative estimate of drug-likeness (QED) is 0.367. The van der Waals surface area contributed by atoms with E-state index in [2.05, 4.69) is 9.97 Å². The summed E-state index contributed by atoms with van der Waals surface area (Å²) in [7, 11) is -4.40. The number of alkyl halides is 3. The summed E-state index contributed by atoms with van der Waals surface area (Å²) < 4.78 is 70.8. The van der Waals surface area contributed by atoms with E-state index in [-0.39, 0.29) is 4.90 Å². The second-order valence-corrected chi connectivity index (χ2v) is 8.84. The summed E-state index contributed by atoms with van der Waals surface area (Å²) in [6.45, 7) is 1.79. The Labute approximate surface area is 188 Å². The molecule has 0 aliphatic carbocycles. The minimum absolute atomic E-state index is 0.316. The molecule has 0 atom stereocenters. The minimum atomic E-state index is -4.40. The third kappa shape index (κ3) is 5.10. The van der Waals surface area contributed by atoms with E-state index < -0.39 is 21.9 Å². The van der Waals surface area contributed by atoms with E-state index in [4.69, 9.17) is 0 Å². The predicted molar refractivity (Wildman–Crippen MR) is 118 cm³/mol. The average molecular weight is 470 g/mol. The van der Waals surface area contributed by atoms with Gasteiger partial charge in [0.2, 0.25) is 0 Å². The molecule has 33 heavy (non-hydrogen) atoms. The lowest BCUT2D eigenvalue weighted by molar-refractivity contribution is -0.137. The maximum atomic E-state index is 12.9. The number of hydrogen-bond acceptors (Lipinski definition) is 4. The molecule has 0 spiro atoms. The van der Waals surface area contributed by atoms with Crippen LogP contribution >= 0.6 is 0 Å². The van der Waals surface area contributed by atoms with E-state index in [0.29, 0.717) is 33.6 Å². The number of hydrogen-bond donors (Lipinski definition) is 1. The van der Waals surface area contributed by atoms with Crippen molar-refractivity contribution in [2.45, 2.75) is 18.0 Å². The number of nitrogens with zero attached hydrogens (tertiary/aromatic N) is 2. The molecule has 2 aromatic carbocycles. The first-order valence-corrected chi connectivity index (χ1v) is 11.1. The molecule has 1 N–H and O–H groups in total. The number of pyridine rings is 2. The van der Waals surface area contributed by atoms with E-state index in [0.717, 1.165) is 23.9 Å². The van der Waals surface area contributed by atoms with E-state index in [1.165, 1.54) is 24.4 Å². The average Bonchev–Trinajstić information content (AvgIpc) is 2.78. The van der Waals surface area contributed by atoms with Gasteiger partial charge in [-0.05, 0) is 60.0 Å². The second kappa shape index (κ2) is 8.42. The lowest BCUT2D eigenvalue weighted by Gasteiger charge is -2.11. The van der Waals surface area contributed by atoms with Crippen LogP contribution in [0.4, 0.5) is 13.2 Å². The summed E-state index contributed by atoms with van der Waals surface area (Å²) in [6.07, 6.45) is -1.87. The maximum Gasteiger partial charge on any atom is 0.416 e. The topological polar surface area (TPSA) is 80.2 Å². The molecular formula is C24H17F3N2O3S. The van der Waals surface area contributed by atoms with Crippen LogP contribution in [0.5, 0.6) is 0 Å². The molecule has 0 saturated heterocycles. The van der Waals surface area contributed by atoms with Crippen molar-refractivity contribution in [1.29, 1.82) is 0 Å². The van der Waals surface area contributed by atoms with Crippen LogP contribution in [0.1, 0.15) is 11.3 Å². The van der Waals surface area contributed by atoms with Crippen LogP contribution in [0.2, 0.25) is 0 Å². The van der Waals surface area contributed by atoms with Crippen LogP contribution in [0.15, 0.2) is 84.0 Å². The van der Waals surface area contributed by atoms with E-state index in [1.54, 1.807) is 37.3 Å². The van der Waals surface area contributed by atoms with Crippen molar-refractivity contribution in [2.75, 3.05) is 0 Å². The fourth-order valence-corrected chi connectivity index (χ4v) is 3.88. The molecule has 5 nitrogen and oxygen atoms in total. The molecule has 4 rings (SSSR count). The van der Waals surface area contributed by atoms with Crippen molar-refractivity contribution in [3.63, 3.8) is 0 Å². The summed E-state index contributed by atoms with van der Waals surface area (Å²) in [5.74, 6) is 0. The van der Waals surface area contributed by atoms with Gasteiger partial charge in [-0.3, -0.25) is 14.5 Å². The van der Waals surface area contributed by atoms with Gasteiger partial charge in [0.15, 0.2) is 0 Å². The Morgan fingerprint density at radius 1 is 0.788 bits per heavy atom. The first-order chi connectivity index (χ1) is 15.5. The van der Waals surface area contributed by atoms with Gasteiger partial charge in [-0.15, -0.1) is 0 Å². The molecule has 0 aliphatic heterocycles. The van der Waals surface area contributed by atoms with Gasteiger partial charge in [-0.2, -0.15) is 21.6 Å². The summed E-state index contributed by atoms with van der Waals surface area (Å²) in [6, 6.07) is 17.0.